The van der Waals surface area contributed by atoms with Crippen LogP contribution in [0, 0.1) is 5.92 Å². The lowest BCUT2D eigenvalue weighted by Gasteiger charge is -2.35. The fraction of sp³-hybridized carbons (Fsp3) is 0.625. The zero-order chi connectivity index (χ0) is 13.7. The molecule has 19 heavy (non-hydrogen) atoms. The molecule has 0 saturated carbocycles. The number of benzene rings is 1. The van der Waals surface area contributed by atoms with Gasteiger partial charge < -0.3 is 15.4 Å². The molecule has 0 aromatic heterocycles. The van der Waals surface area contributed by atoms with E-state index < -0.39 is 0 Å². The van der Waals surface area contributed by atoms with Gasteiger partial charge in [0.15, 0.2) is 0 Å². The molecule has 1 aromatic carbocycles. The van der Waals surface area contributed by atoms with Crippen LogP contribution in [0.25, 0.3) is 0 Å². The quantitative estimate of drug-likeness (QED) is 0.886. The molecule has 0 radical (unpaired) electrons. The van der Waals surface area contributed by atoms with Gasteiger partial charge in [0.25, 0.3) is 0 Å². The van der Waals surface area contributed by atoms with Crippen molar-refractivity contribution < 1.29 is 4.74 Å². The Labute approximate surface area is 116 Å². The first-order valence-electron chi connectivity index (χ1n) is 7.34. The number of para-hydroxylation sites is 1. The van der Waals surface area contributed by atoms with Crippen molar-refractivity contribution in [3.05, 3.63) is 29.8 Å². The number of methoxy groups -OCH3 is 1. The average molecular weight is 262 g/mol. The number of hydrogen-bond acceptors (Lipinski definition) is 3. The monoisotopic (exact) mass is 262 g/mol. The second-order valence-electron chi connectivity index (χ2n) is 5.46. The summed E-state index contributed by atoms with van der Waals surface area (Å²) in [6.07, 6.45) is 3.41. The number of ether oxygens (including phenoxy) is 1. The molecule has 0 bridgehead atoms. The molecule has 0 unspecified atom stereocenters. The van der Waals surface area contributed by atoms with Crippen molar-refractivity contribution in [3.8, 4) is 0 Å². The first-order chi connectivity index (χ1) is 9.26. The van der Waals surface area contributed by atoms with Crippen LogP contribution in [0.5, 0.6) is 0 Å². The Morgan fingerprint density at radius 3 is 2.63 bits per heavy atom. The van der Waals surface area contributed by atoms with Gasteiger partial charge in [-0.2, -0.15) is 0 Å². The van der Waals surface area contributed by atoms with E-state index >= 15 is 0 Å². The Morgan fingerprint density at radius 1 is 1.32 bits per heavy atom. The van der Waals surface area contributed by atoms with Crippen molar-refractivity contribution in [1.29, 1.82) is 0 Å². The highest BCUT2D eigenvalue weighted by molar-refractivity contribution is 5.55. The maximum Gasteiger partial charge on any atom is 0.0491 e. The van der Waals surface area contributed by atoms with Crippen LogP contribution in [0.2, 0.25) is 0 Å². The van der Waals surface area contributed by atoms with E-state index in [1.807, 2.05) is 0 Å². The molecule has 1 saturated heterocycles. The molecule has 2 rings (SSSR count). The Balaban J connectivity index is 2.07. The smallest absolute Gasteiger partial charge is 0.0491 e. The summed E-state index contributed by atoms with van der Waals surface area (Å²) in [5, 5.41) is 0. The van der Waals surface area contributed by atoms with Crippen LogP contribution in [-0.4, -0.2) is 26.8 Å². The summed E-state index contributed by atoms with van der Waals surface area (Å²) in [6.45, 7) is 5.26. The summed E-state index contributed by atoms with van der Waals surface area (Å²) in [4.78, 5) is 2.48. The number of anilines is 1. The lowest BCUT2D eigenvalue weighted by Crippen LogP contribution is -2.36. The van der Waals surface area contributed by atoms with Gasteiger partial charge in [-0.05, 0) is 36.8 Å². The molecule has 3 heteroatoms. The van der Waals surface area contributed by atoms with Crippen LogP contribution in [0.15, 0.2) is 24.3 Å². The largest absolute Gasteiger partial charge is 0.384 e. The van der Waals surface area contributed by atoms with Crippen LogP contribution in [-0.2, 0) is 4.74 Å². The molecule has 1 atom stereocenters. The van der Waals surface area contributed by atoms with E-state index in [4.69, 9.17) is 10.5 Å². The van der Waals surface area contributed by atoms with Crippen molar-refractivity contribution in [3.63, 3.8) is 0 Å². The third kappa shape index (κ3) is 3.48. The van der Waals surface area contributed by atoms with Crippen molar-refractivity contribution in [2.45, 2.75) is 32.2 Å². The van der Waals surface area contributed by atoms with Crippen molar-refractivity contribution in [1.82, 2.24) is 0 Å². The Morgan fingerprint density at radius 2 is 2.00 bits per heavy atom. The van der Waals surface area contributed by atoms with Crippen molar-refractivity contribution >= 4 is 5.69 Å². The van der Waals surface area contributed by atoms with E-state index in [2.05, 4.69) is 36.1 Å². The zero-order valence-electron chi connectivity index (χ0n) is 12.1. The molecule has 0 spiro atoms. The van der Waals surface area contributed by atoms with Gasteiger partial charge in [0, 0.05) is 38.5 Å². The fourth-order valence-corrected chi connectivity index (χ4v) is 2.89. The molecular formula is C16H26N2O. The predicted octanol–water partition coefficient (Wildman–Crippen LogP) is 2.96. The van der Waals surface area contributed by atoms with E-state index in [9.17, 15) is 0 Å². The van der Waals surface area contributed by atoms with Crippen LogP contribution >= 0.6 is 0 Å². The summed E-state index contributed by atoms with van der Waals surface area (Å²) >= 11 is 0. The molecule has 1 aliphatic heterocycles. The minimum Gasteiger partial charge on any atom is -0.384 e. The summed E-state index contributed by atoms with van der Waals surface area (Å²) in [5.41, 5.74) is 8.84. The minimum atomic E-state index is 0.146. The molecule has 2 N–H and O–H groups in total. The molecule has 1 aromatic rings. The molecule has 1 aliphatic rings. The van der Waals surface area contributed by atoms with E-state index in [1.165, 1.54) is 24.1 Å². The molecular weight excluding hydrogens is 236 g/mol. The SMILES string of the molecule is CC[C@H](N)c1ccccc1N1CCC(COC)CC1. The number of nitrogens with two attached hydrogens (primary N) is 1. The summed E-state index contributed by atoms with van der Waals surface area (Å²) < 4.78 is 5.26. The van der Waals surface area contributed by atoms with Crippen LogP contribution < -0.4 is 10.6 Å². The third-order valence-electron chi connectivity index (χ3n) is 4.13. The number of rotatable bonds is 5. The topological polar surface area (TPSA) is 38.5 Å². The first-order valence-corrected chi connectivity index (χ1v) is 7.34. The highest BCUT2D eigenvalue weighted by atomic mass is 16.5. The second kappa shape index (κ2) is 6.92. The Bertz CT molecular complexity index is 386. The van der Waals surface area contributed by atoms with Crippen molar-refractivity contribution in [2.24, 2.45) is 11.7 Å². The molecule has 1 fully saturated rings. The summed E-state index contributed by atoms with van der Waals surface area (Å²) in [5.74, 6) is 0.716. The molecule has 0 amide bonds. The number of piperidine rings is 1. The minimum absolute atomic E-state index is 0.146. The van der Waals surface area contributed by atoms with Crippen molar-refractivity contribution in [2.75, 3.05) is 31.7 Å². The predicted molar refractivity (Wildman–Crippen MR) is 80.5 cm³/mol. The fourth-order valence-electron chi connectivity index (χ4n) is 2.89. The van der Waals surface area contributed by atoms with E-state index in [1.54, 1.807) is 7.11 Å². The highest BCUT2D eigenvalue weighted by Crippen LogP contribution is 2.30. The lowest BCUT2D eigenvalue weighted by atomic mass is 9.95. The normalized spacial score (nSPS) is 18.6. The number of hydrogen-bond donors (Lipinski definition) is 1. The second-order valence-corrected chi connectivity index (χ2v) is 5.46. The summed E-state index contributed by atoms with van der Waals surface area (Å²) in [6, 6.07) is 8.73. The van der Waals surface area contributed by atoms with Gasteiger partial charge in [0.2, 0.25) is 0 Å². The average Bonchev–Trinajstić information content (AvgIpc) is 2.47. The molecule has 106 valence electrons. The van der Waals surface area contributed by atoms with Gasteiger partial charge in [0.05, 0.1) is 0 Å². The third-order valence-corrected chi connectivity index (χ3v) is 4.13. The molecule has 3 nitrogen and oxygen atoms in total. The summed E-state index contributed by atoms with van der Waals surface area (Å²) in [7, 11) is 1.79. The van der Waals surface area contributed by atoms with Gasteiger partial charge in [-0.3, -0.25) is 0 Å². The van der Waals surface area contributed by atoms with Crippen LogP contribution in [0.1, 0.15) is 37.8 Å². The molecule has 0 aliphatic carbocycles. The lowest BCUT2D eigenvalue weighted by molar-refractivity contribution is 0.139. The highest BCUT2D eigenvalue weighted by Gasteiger charge is 2.21. The maximum atomic E-state index is 6.23. The zero-order valence-corrected chi connectivity index (χ0v) is 12.1. The maximum absolute atomic E-state index is 6.23. The van der Waals surface area contributed by atoms with Gasteiger partial charge in [-0.1, -0.05) is 25.1 Å². The van der Waals surface area contributed by atoms with E-state index in [0.29, 0.717) is 5.92 Å². The standard InChI is InChI=1S/C16H26N2O/c1-3-15(17)14-6-4-5-7-16(14)18-10-8-13(9-11-18)12-19-2/h4-7,13,15H,3,8-12,17H2,1-2H3/t15-/m0/s1. The van der Waals surface area contributed by atoms with Gasteiger partial charge in [0.1, 0.15) is 0 Å². The Hall–Kier alpha value is -1.06. The van der Waals surface area contributed by atoms with Gasteiger partial charge in [-0.15, -0.1) is 0 Å². The van der Waals surface area contributed by atoms with Gasteiger partial charge in [-0.25, -0.2) is 0 Å². The van der Waals surface area contributed by atoms with Crippen LogP contribution in [0.3, 0.4) is 0 Å². The number of nitrogens with zero attached hydrogens (tertiary/aromatic N) is 1. The van der Waals surface area contributed by atoms with Gasteiger partial charge >= 0.3 is 0 Å². The van der Waals surface area contributed by atoms with E-state index in [0.717, 1.165) is 26.1 Å². The van der Waals surface area contributed by atoms with E-state index in [-0.39, 0.29) is 6.04 Å². The van der Waals surface area contributed by atoms with Crippen LogP contribution in [0.4, 0.5) is 5.69 Å². The molecule has 1 heterocycles. The Kier molecular flexibility index (Phi) is 5.23. The first kappa shape index (κ1) is 14.4.